The van der Waals surface area contributed by atoms with Crippen molar-refractivity contribution in [1.29, 1.82) is 0 Å². The van der Waals surface area contributed by atoms with E-state index in [0.717, 1.165) is 6.42 Å². The first-order valence-electron chi connectivity index (χ1n) is 8.84. The average Bonchev–Trinajstić information content (AvgIpc) is 3.39. The number of nitrogens with one attached hydrogen (secondary N) is 1. The number of amides is 1. The van der Waals surface area contributed by atoms with Crippen molar-refractivity contribution in [1.82, 2.24) is 5.43 Å². The van der Waals surface area contributed by atoms with Crippen LogP contribution in [0, 0.1) is 16.0 Å². The van der Waals surface area contributed by atoms with E-state index < -0.39 is 4.92 Å². The maximum absolute atomic E-state index is 12.2. The van der Waals surface area contributed by atoms with Crippen LogP contribution in [0.5, 0.6) is 0 Å². The van der Waals surface area contributed by atoms with Crippen molar-refractivity contribution in [2.75, 3.05) is 0 Å². The third-order valence-corrected chi connectivity index (χ3v) is 4.69. The van der Waals surface area contributed by atoms with Gasteiger partial charge in [-0.1, -0.05) is 42.5 Å². The lowest BCUT2D eigenvalue weighted by Gasteiger charge is -1.99. The maximum atomic E-state index is 12.2. The first kappa shape index (κ1) is 17.7. The van der Waals surface area contributed by atoms with Gasteiger partial charge >= 0.3 is 0 Å². The van der Waals surface area contributed by atoms with Crippen molar-refractivity contribution < 1.29 is 14.1 Å². The minimum atomic E-state index is -0.453. The number of hydrogen-bond acceptors (Lipinski definition) is 5. The van der Waals surface area contributed by atoms with E-state index in [4.69, 9.17) is 4.42 Å². The summed E-state index contributed by atoms with van der Waals surface area (Å²) in [6, 6.07) is 19.5. The van der Waals surface area contributed by atoms with Gasteiger partial charge in [-0.05, 0) is 30.0 Å². The van der Waals surface area contributed by atoms with E-state index in [9.17, 15) is 14.9 Å². The Morgan fingerprint density at radius 3 is 2.75 bits per heavy atom. The molecule has 1 aromatic heterocycles. The Morgan fingerprint density at radius 1 is 1.14 bits per heavy atom. The molecule has 0 aliphatic heterocycles. The summed E-state index contributed by atoms with van der Waals surface area (Å²) in [6.45, 7) is 0. The molecule has 0 radical (unpaired) electrons. The molecule has 0 bridgehead atoms. The third kappa shape index (κ3) is 3.83. The van der Waals surface area contributed by atoms with E-state index in [0.29, 0.717) is 17.1 Å². The van der Waals surface area contributed by atoms with Crippen LogP contribution in [-0.4, -0.2) is 17.0 Å². The second-order valence-electron chi connectivity index (χ2n) is 6.60. The Labute approximate surface area is 160 Å². The van der Waals surface area contributed by atoms with Crippen LogP contribution in [0.2, 0.25) is 0 Å². The fourth-order valence-electron chi connectivity index (χ4n) is 3.15. The number of furan rings is 1. The summed E-state index contributed by atoms with van der Waals surface area (Å²) in [5.74, 6) is 1.01. The SMILES string of the molecule is O=C(NN=Cc1ccc(-c2cccc([N+](=O)[O-])c2)o1)[C@H]1C[C@@H]1c1ccccc1. The molecule has 1 heterocycles. The highest BCUT2D eigenvalue weighted by molar-refractivity contribution is 5.85. The number of hydrazone groups is 1. The fraction of sp³-hybridized carbons (Fsp3) is 0.143. The molecule has 2 aromatic carbocycles. The Bertz CT molecular complexity index is 1040. The predicted molar refractivity (Wildman–Crippen MR) is 104 cm³/mol. The molecule has 28 heavy (non-hydrogen) atoms. The monoisotopic (exact) mass is 375 g/mol. The van der Waals surface area contributed by atoms with Crippen LogP contribution in [0.4, 0.5) is 5.69 Å². The molecule has 1 saturated carbocycles. The Kier molecular flexibility index (Phi) is 4.72. The molecule has 0 spiro atoms. The molecule has 140 valence electrons. The number of hydrogen-bond donors (Lipinski definition) is 1. The van der Waals surface area contributed by atoms with Crippen molar-refractivity contribution in [3.05, 3.63) is 88.2 Å². The fourth-order valence-corrected chi connectivity index (χ4v) is 3.15. The van der Waals surface area contributed by atoms with Gasteiger partial charge in [0.25, 0.3) is 5.69 Å². The van der Waals surface area contributed by atoms with Crippen molar-refractivity contribution >= 4 is 17.8 Å². The highest BCUT2D eigenvalue weighted by atomic mass is 16.6. The molecule has 0 unspecified atom stereocenters. The van der Waals surface area contributed by atoms with Crippen molar-refractivity contribution in [2.24, 2.45) is 11.0 Å². The van der Waals surface area contributed by atoms with Gasteiger partial charge in [0.2, 0.25) is 5.91 Å². The zero-order chi connectivity index (χ0) is 19.5. The first-order chi connectivity index (χ1) is 13.6. The molecule has 3 aromatic rings. The lowest BCUT2D eigenvalue weighted by molar-refractivity contribution is -0.384. The molecule has 1 fully saturated rings. The molecular formula is C21H17N3O4. The van der Waals surface area contributed by atoms with Gasteiger partial charge in [0.15, 0.2) is 0 Å². The van der Waals surface area contributed by atoms with Gasteiger partial charge in [0, 0.05) is 23.6 Å². The van der Waals surface area contributed by atoms with E-state index in [2.05, 4.69) is 10.5 Å². The van der Waals surface area contributed by atoms with Gasteiger partial charge in [-0.25, -0.2) is 5.43 Å². The number of nitrogens with zero attached hydrogens (tertiary/aromatic N) is 2. The summed E-state index contributed by atoms with van der Waals surface area (Å²) in [6.07, 6.45) is 2.24. The predicted octanol–water partition coefficient (Wildman–Crippen LogP) is 4.11. The third-order valence-electron chi connectivity index (χ3n) is 4.69. The summed E-state index contributed by atoms with van der Waals surface area (Å²) in [5, 5.41) is 14.8. The van der Waals surface area contributed by atoms with Gasteiger partial charge < -0.3 is 4.42 Å². The second-order valence-corrected chi connectivity index (χ2v) is 6.60. The summed E-state index contributed by atoms with van der Waals surface area (Å²) in [5.41, 5.74) is 4.31. The topological polar surface area (TPSA) is 97.7 Å². The molecule has 1 amide bonds. The summed E-state index contributed by atoms with van der Waals surface area (Å²) in [4.78, 5) is 22.6. The molecule has 7 nitrogen and oxygen atoms in total. The highest BCUT2D eigenvalue weighted by Gasteiger charge is 2.43. The Morgan fingerprint density at radius 2 is 1.96 bits per heavy atom. The van der Waals surface area contributed by atoms with E-state index in [1.165, 1.54) is 23.9 Å². The van der Waals surface area contributed by atoms with Crippen molar-refractivity contribution in [3.8, 4) is 11.3 Å². The standard InChI is InChI=1S/C21H17N3O4/c25-21(19-12-18(19)14-5-2-1-3-6-14)23-22-13-17-9-10-20(28-17)15-7-4-8-16(11-15)24(26)27/h1-11,13,18-19H,12H2,(H,23,25)/t18-,19+/m1/s1. The van der Waals surface area contributed by atoms with Crippen LogP contribution in [0.25, 0.3) is 11.3 Å². The number of non-ortho nitro benzene ring substituents is 1. The molecule has 1 N–H and O–H groups in total. The summed E-state index contributed by atoms with van der Waals surface area (Å²) in [7, 11) is 0. The van der Waals surface area contributed by atoms with Gasteiger partial charge in [0.05, 0.1) is 11.1 Å². The molecule has 1 aliphatic carbocycles. The normalized spacial score (nSPS) is 18.1. The Balaban J connectivity index is 1.35. The number of carbonyl (C=O) groups is 1. The van der Waals surface area contributed by atoms with Crippen LogP contribution in [0.3, 0.4) is 0 Å². The Hall–Kier alpha value is -3.74. The van der Waals surface area contributed by atoms with Gasteiger partial charge in [-0.3, -0.25) is 14.9 Å². The minimum Gasteiger partial charge on any atom is -0.455 e. The smallest absolute Gasteiger partial charge is 0.270 e. The number of carbonyl (C=O) groups excluding carboxylic acids is 1. The van der Waals surface area contributed by atoms with E-state index in [1.807, 2.05) is 30.3 Å². The number of benzene rings is 2. The van der Waals surface area contributed by atoms with Crippen LogP contribution in [-0.2, 0) is 4.79 Å². The largest absolute Gasteiger partial charge is 0.455 e. The number of rotatable bonds is 6. The van der Waals surface area contributed by atoms with Crippen LogP contribution in [0.15, 0.2) is 76.2 Å². The van der Waals surface area contributed by atoms with Gasteiger partial charge in [0.1, 0.15) is 11.5 Å². The lowest BCUT2D eigenvalue weighted by Crippen LogP contribution is -2.20. The maximum Gasteiger partial charge on any atom is 0.270 e. The van der Waals surface area contributed by atoms with Gasteiger partial charge in [-0.15, -0.1) is 0 Å². The zero-order valence-electron chi connectivity index (χ0n) is 14.8. The lowest BCUT2D eigenvalue weighted by atomic mass is 10.1. The van der Waals surface area contributed by atoms with E-state index in [1.54, 1.807) is 24.3 Å². The average molecular weight is 375 g/mol. The van der Waals surface area contributed by atoms with E-state index >= 15 is 0 Å². The number of nitro benzene ring substituents is 1. The number of nitro groups is 1. The summed E-state index contributed by atoms with van der Waals surface area (Å²) < 4.78 is 5.63. The van der Waals surface area contributed by atoms with Crippen LogP contribution < -0.4 is 5.43 Å². The van der Waals surface area contributed by atoms with Crippen molar-refractivity contribution in [2.45, 2.75) is 12.3 Å². The molecule has 2 atom stereocenters. The second kappa shape index (κ2) is 7.48. The molecule has 0 saturated heterocycles. The van der Waals surface area contributed by atoms with Crippen molar-refractivity contribution in [3.63, 3.8) is 0 Å². The first-order valence-corrected chi connectivity index (χ1v) is 8.84. The molecule has 4 rings (SSSR count). The van der Waals surface area contributed by atoms with Crippen LogP contribution in [0.1, 0.15) is 23.7 Å². The van der Waals surface area contributed by atoms with E-state index in [-0.39, 0.29) is 23.4 Å². The molecule has 7 heteroatoms. The molecular weight excluding hydrogens is 358 g/mol. The zero-order valence-corrected chi connectivity index (χ0v) is 14.8. The summed E-state index contributed by atoms with van der Waals surface area (Å²) >= 11 is 0. The van der Waals surface area contributed by atoms with Gasteiger partial charge in [-0.2, -0.15) is 5.10 Å². The molecule has 1 aliphatic rings. The quantitative estimate of drug-likeness (QED) is 0.398. The highest BCUT2D eigenvalue weighted by Crippen LogP contribution is 2.47. The minimum absolute atomic E-state index is 0.00576. The van der Waals surface area contributed by atoms with Crippen LogP contribution >= 0.6 is 0 Å².